The average molecular weight is 366 g/mol. The largest absolute Gasteiger partial charge is 0.481 e. The van der Waals surface area contributed by atoms with E-state index in [1.807, 2.05) is 0 Å². The minimum absolute atomic E-state index is 0.288. The third kappa shape index (κ3) is 7.67. The molecule has 0 unspecified atom stereocenters. The molecular formula is C22H39NO3. The highest BCUT2D eigenvalue weighted by Crippen LogP contribution is 2.31. The van der Waals surface area contributed by atoms with E-state index in [-0.39, 0.29) is 6.42 Å². The number of carboxylic acids is 1. The number of rotatable bonds is 11. The molecular weight excluding hydrogens is 326 g/mol. The molecule has 0 radical (unpaired) electrons. The number of carboxylic acid groups (broad SMARTS) is 1. The lowest BCUT2D eigenvalue weighted by atomic mass is 9.88. The summed E-state index contributed by atoms with van der Waals surface area (Å²) in [5.41, 5.74) is 0. The van der Waals surface area contributed by atoms with Gasteiger partial charge in [0.25, 0.3) is 0 Å². The molecule has 26 heavy (non-hydrogen) atoms. The van der Waals surface area contributed by atoms with E-state index in [0.29, 0.717) is 24.4 Å². The fourth-order valence-corrected chi connectivity index (χ4v) is 4.81. The Balaban J connectivity index is 1.69. The summed E-state index contributed by atoms with van der Waals surface area (Å²) in [4.78, 5) is 25.8. The molecule has 1 N–H and O–H groups in total. The number of amides is 1. The number of carbonyl (C=O) groups is 2. The fraction of sp³-hybridized carbons (Fsp3) is 0.909. The first-order valence-corrected chi connectivity index (χ1v) is 11.2. The smallest absolute Gasteiger partial charge is 0.303 e. The number of hydrogen-bond acceptors (Lipinski definition) is 2. The molecule has 2 rings (SSSR count). The second-order valence-corrected chi connectivity index (χ2v) is 8.40. The maximum atomic E-state index is 13.0. The molecule has 150 valence electrons. The molecule has 4 heteroatoms. The van der Waals surface area contributed by atoms with Gasteiger partial charge in [-0.15, -0.1) is 0 Å². The monoisotopic (exact) mass is 365 g/mol. The van der Waals surface area contributed by atoms with Crippen molar-refractivity contribution in [1.82, 2.24) is 4.90 Å². The van der Waals surface area contributed by atoms with Gasteiger partial charge in [-0.05, 0) is 38.5 Å². The topological polar surface area (TPSA) is 57.6 Å². The highest BCUT2D eigenvalue weighted by molar-refractivity contribution is 5.77. The molecule has 2 fully saturated rings. The van der Waals surface area contributed by atoms with Gasteiger partial charge in [0.05, 0.1) is 0 Å². The van der Waals surface area contributed by atoms with Crippen molar-refractivity contribution in [2.45, 2.75) is 128 Å². The first-order chi connectivity index (χ1) is 12.7. The van der Waals surface area contributed by atoms with Crippen LogP contribution in [0.3, 0.4) is 0 Å². The predicted octanol–water partition coefficient (Wildman–Crippen LogP) is 5.69. The SMILES string of the molecule is O=C(O)CCCCCCCCC(=O)N(C1CCCCC1)C1CCCCC1. The Bertz CT molecular complexity index is 394. The van der Waals surface area contributed by atoms with Gasteiger partial charge in [-0.3, -0.25) is 9.59 Å². The first kappa shape index (κ1) is 21.2. The Hall–Kier alpha value is -1.06. The van der Waals surface area contributed by atoms with Crippen LogP contribution in [-0.4, -0.2) is 34.0 Å². The van der Waals surface area contributed by atoms with Crippen LogP contribution in [-0.2, 0) is 9.59 Å². The summed E-state index contributed by atoms with van der Waals surface area (Å²) >= 11 is 0. The van der Waals surface area contributed by atoms with Crippen molar-refractivity contribution in [3.63, 3.8) is 0 Å². The van der Waals surface area contributed by atoms with Gasteiger partial charge in [-0.25, -0.2) is 0 Å². The van der Waals surface area contributed by atoms with Gasteiger partial charge in [0, 0.05) is 24.9 Å². The molecule has 2 saturated carbocycles. The summed E-state index contributed by atoms with van der Waals surface area (Å²) in [6, 6.07) is 1.02. The first-order valence-electron chi connectivity index (χ1n) is 11.2. The maximum Gasteiger partial charge on any atom is 0.303 e. The molecule has 0 spiro atoms. The minimum Gasteiger partial charge on any atom is -0.481 e. The molecule has 0 atom stereocenters. The molecule has 0 aliphatic heterocycles. The lowest BCUT2D eigenvalue weighted by Crippen LogP contribution is -2.48. The quantitative estimate of drug-likeness (QED) is 0.479. The second kappa shape index (κ2) is 12.3. The van der Waals surface area contributed by atoms with E-state index in [9.17, 15) is 9.59 Å². The highest BCUT2D eigenvalue weighted by atomic mass is 16.4. The van der Waals surface area contributed by atoms with Crippen LogP contribution >= 0.6 is 0 Å². The van der Waals surface area contributed by atoms with Crippen molar-refractivity contribution < 1.29 is 14.7 Å². The lowest BCUT2D eigenvalue weighted by Gasteiger charge is -2.42. The number of nitrogens with zero attached hydrogens (tertiary/aromatic N) is 1. The van der Waals surface area contributed by atoms with Gasteiger partial charge in [0.2, 0.25) is 5.91 Å². The van der Waals surface area contributed by atoms with E-state index in [1.165, 1.54) is 64.2 Å². The van der Waals surface area contributed by atoms with E-state index in [4.69, 9.17) is 5.11 Å². The molecule has 0 bridgehead atoms. The molecule has 0 aromatic carbocycles. The summed E-state index contributed by atoms with van der Waals surface area (Å²) < 4.78 is 0. The van der Waals surface area contributed by atoms with E-state index in [2.05, 4.69) is 4.90 Å². The average Bonchev–Trinajstić information content (AvgIpc) is 2.65. The molecule has 0 heterocycles. The van der Waals surface area contributed by atoms with E-state index in [1.54, 1.807) is 0 Å². The highest BCUT2D eigenvalue weighted by Gasteiger charge is 2.31. The number of aliphatic carboxylic acids is 1. The van der Waals surface area contributed by atoms with Crippen LogP contribution in [0, 0.1) is 0 Å². The van der Waals surface area contributed by atoms with Gasteiger partial charge in [0.1, 0.15) is 0 Å². The van der Waals surface area contributed by atoms with E-state index >= 15 is 0 Å². The molecule has 1 amide bonds. The van der Waals surface area contributed by atoms with Crippen molar-refractivity contribution in [3.05, 3.63) is 0 Å². The van der Waals surface area contributed by atoms with Crippen LogP contribution in [0.1, 0.15) is 116 Å². The molecule has 0 saturated heterocycles. The van der Waals surface area contributed by atoms with Crippen molar-refractivity contribution in [2.75, 3.05) is 0 Å². The molecule has 0 aromatic rings. The van der Waals surface area contributed by atoms with Gasteiger partial charge in [0.15, 0.2) is 0 Å². The zero-order valence-corrected chi connectivity index (χ0v) is 16.6. The zero-order chi connectivity index (χ0) is 18.6. The van der Waals surface area contributed by atoms with Crippen LogP contribution in [0.15, 0.2) is 0 Å². The Labute approximate surface area is 159 Å². The van der Waals surface area contributed by atoms with Crippen LogP contribution in [0.5, 0.6) is 0 Å². The summed E-state index contributed by atoms with van der Waals surface area (Å²) in [7, 11) is 0. The normalized spacial score (nSPS) is 19.4. The van der Waals surface area contributed by atoms with Crippen molar-refractivity contribution in [3.8, 4) is 0 Å². The Kier molecular flexibility index (Phi) is 10.1. The second-order valence-electron chi connectivity index (χ2n) is 8.40. The zero-order valence-electron chi connectivity index (χ0n) is 16.6. The van der Waals surface area contributed by atoms with Crippen LogP contribution in [0.25, 0.3) is 0 Å². The maximum absolute atomic E-state index is 13.0. The summed E-state index contributed by atoms with van der Waals surface area (Å²) in [6.07, 6.45) is 19.8. The van der Waals surface area contributed by atoms with Gasteiger partial charge in [-0.1, -0.05) is 64.2 Å². The van der Waals surface area contributed by atoms with Crippen LogP contribution < -0.4 is 0 Å². The molecule has 2 aliphatic rings. The summed E-state index contributed by atoms with van der Waals surface area (Å²) in [6.45, 7) is 0. The molecule has 4 nitrogen and oxygen atoms in total. The third-order valence-electron chi connectivity index (χ3n) is 6.26. The summed E-state index contributed by atoms with van der Waals surface area (Å²) in [5.74, 6) is -0.282. The molecule has 0 aromatic heterocycles. The van der Waals surface area contributed by atoms with E-state index < -0.39 is 5.97 Å². The number of hydrogen-bond donors (Lipinski definition) is 1. The van der Waals surface area contributed by atoms with Gasteiger partial charge >= 0.3 is 5.97 Å². The third-order valence-corrected chi connectivity index (χ3v) is 6.26. The van der Waals surface area contributed by atoms with Gasteiger partial charge < -0.3 is 10.0 Å². The van der Waals surface area contributed by atoms with Crippen molar-refractivity contribution in [2.24, 2.45) is 0 Å². The Morgan fingerprint density at radius 1 is 0.654 bits per heavy atom. The summed E-state index contributed by atoms with van der Waals surface area (Å²) in [5, 5.41) is 8.64. The fourth-order valence-electron chi connectivity index (χ4n) is 4.81. The van der Waals surface area contributed by atoms with E-state index in [0.717, 1.165) is 38.5 Å². The minimum atomic E-state index is -0.693. The predicted molar refractivity (Wildman–Crippen MR) is 105 cm³/mol. The number of carbonyl (C=O) groups excluding carboxylic acids is 1. The van der Waals surface area contributed by atoms with Crippen molar-refractivity contribution in [1.29, 1.82) is 0 Å². The molecule has 2 aliphatic carbocycles. The number of unbranched alkanes of at least 4 members (excludes halogenated alkanes) is 5. The van der Waals surface area contributed by atoms with Crippen LogP contribution in [0.2, 0.25) is 0 Å². The van der Waals surface area contributed by atoms with Crippen LogP contribution in [0.4, 0.5) is 0 Å². The van der Waals surface area contributed by atoms with Crippen molar-refractivity contribution >= 4 is 11.9 Å². The lowest BCUT2D eigenvalue weighted by molar-refractivity contribution is -0.138. The standard InChI is InChI=1S/C22H39NO3/c24-21(17-11-3-1-2-4-12-18-22(25)26)23(19-13-7-5-8-14-19)20-15-9-6-10-16-20/h19-20H,1-18H2,(H,25,26). The Morgan fingerprint density at radius 2 is 1.08 bits per heavy atom. The Morgan fingerprint density at radius 3 is 1.54 bits per heavy atom. The van der Waals surface area contributed by atoms with Gasteiger partial charge in [-0.2, -0.15) is 0 Å².